The fourth-order valence-electron chi connectivity index (χ4n) is 3.45. The van der Waals surface area contributed by atoms with Crippen LogP contribution in [-0.2, 0) is 12.8 Å². The number of hydrogen-bond acceptors (Lipinski definition) is 2. The smallest absolute Gasteiger partial charge is 0.267 e. The van der Waals surface area contributed by atoms with Gasteiger partial charge in [0.15, 0.2) is 0 Å². The number of benzene rings is 3. The van der Waals surface area contributed by atoms with Crippen molar-refractivity contribution in [3.63, 3.8) is 0 Å². The normalized spacial score (nSPS) is 13.3. The number of aryl methyl sites for hydroxylation is 2. The van der Waals surface area contributed by atoms with Crippen LogP contribution in [0.1, 0.15) is 34.0 Å². The van der Waals surface area contributed by atoms with E-state index < -0.39 is 0 Å². The molecule has 0 bridgehead atoms. The summed E-state index contributed by atoms with van der Waals surface area (Å²) in [6, 6.07) is 17.5. The second kappa shape index (κ2) is 6.34. The maximum Gasteiger partial charge on any atom is 0.271 e. The van der Waals surface area contributed by atoms with E-state index in [1.54, 1.807) is 24.3 Å². The van der Waals surface area contributed by atoms with Gasteiger partial charge in [0.1, 0.15) is 0 Å². The summed E-state index contributed by atoms with van der Waals surface area (Å²) < 4.78 is 0. The number of carbonyl (C=O) groups is 1. The number of nitrogens with one attached hydrogen (secondary N) is 1. The largest absolute Gasteiger partial charge is 0.271 e. The van der Waals surface area contributed by atoms with Crippen LogP contribution >= 0.6 is 11.6 Å². The van der Waals surface area contributed by atoms with E-state index in [1.165, 1.54) is 21.9 Å². The molecule has 1 aliphatic rings. The standard InChI is InChI=1S/C21H17ClN2O/c1-13(23-24-21(25)16-5-2-6-17(22)12-16)18-11-10-15-9-8-14-4-3-7-19(18)20(14)15/h2-7,10-12H,8-9H2,1H3,(H,24,25)/b23-13-. The highest BCUT2D eigenvalue weighted by molar-refractivity contribution is 6.31. The number of hydrogen-bond donors (Lipinski definition) is 1. The third-order valence-electron chi connectivity index (χ3n) is 4.68. The topological polar surface area (TPSA) is 41.5 Å². The predicted molar refractivity (Wildman–Crippen MR) is 102 cm³/mol. The molecule has 0 radical (unpaired) electrons. The van der Waals surface area contributed by atoms with Crippen molar-refractivity contribution in [2.75, 3.05) is 0 Å². The Labute approximate surface area is 151 Å². The molecule has 0 fully saturated rings. The van der Waals surface area contributed by atoms with Crippen molar-refractivity contribution < 1.29 is 4.79 Å². The molecule has 1 N–H and O–H groups in total. The number of amides is 1. The Morgan fingerprint density at radius 3 is 2.60 bits per heavy atom. The zero-order valence-electron chi connectivity index (χ0n) is 13.8. The molecule has 0 spiro atoms. The highest BCUT2D eigenvalue weighted by Gasteiger charge is 2.16. The molecule has 3 nitrogen and oxygen atoms in total. The Hall–Kier alpha value is -2.65. The zero-order valence-corrected chi connectivity index (χ0v) is 14.6. The molecule has 0 aliphatic heterocycles. The van der Waals surface area contributed by atoms with Crippen LogP contribution < -0.4 is 5.43 Å². The van der Waals surface area contributed by atoms with Crippen LogP contribution in [0.15, 0.2) is 59.7 Å². The molecule has 3 aromatic rings. The Balaban J connectivity index is 1.65. The van der Waals surface area contributed by atoms with E-state index in [2.05, 4.69) is 40.9 Å². The minimum atomic E-state index is -0.271. The van der Waals surface area contributed by atoms with Gasteiger partial charge in [-0.15, -0.1) is 0 Å². The van der Waals surface area contributed by atoms with Crippen LogP contribution in [0.3, 0.4) is 0 Å². The van der Waals surface area contributed by atoms with Gasteiger partial charge in [0.2, 0.25) is 0 Å². The van der Waals surface area contributed by atoms with E-state index in [-0.39, 0.29) is 5.91 Å². The summed E-state index contributed by atoms with van der Waals surface area (Å²) in [6.07, 6.45) is 2.19. The monoisotopic (exact) mass is 348 g/mol. The van der Waals surface area contributed by atoms with E-state index in [0.717, 1.165) is 24.1 Å². The summed E-state index contributed by atoms with van der Waals surface area (Å²) in [5, 5.41) is 7.38. The first-order chi connectivity index (χ1) is 12.1. The average Bonchev–Trinajstić information content (AvgIpc) is 3.05. The second-order valence-corrected chi connectivity index (χ2v) is 6.70. The van der Waals surface area contributed by atoms with Crippen molar-refractivity contribution in [2.24, 2.45) is 5.10 Å². The summed E-state index contributed by atoms with van der Waals surface area (Å²) in [5.74, 6) is -0.271. The summed E-state index contributed by atoms with van der Waals surface area (Å²) in [6.45, 7) is 1.91. The third-order valence-corrected chi connectivity index (χ3v) is 4.91. The first-order valence-electron chi connectivity index (χ1n) is 8.27. The van der Waals surface area contributed by atoms with Crippen LogP contribution in [0.2, 0.25) is 5.02 Å². The van der Waals surface area contributed by atoms with Crippen molar-refractivity contribution >= 4 is 34.0 Å². The van der Waals surface area contributed by atoms with Gasteiger partial charge < -0.3 is 0 Å². The molecule has 4 rings (SSSR count). The second-order valence-electron chi connectivity index (χ2n) is 6.26. The quantitative estimate of drug-likeness (QED) is 0.538. The molecule has 0 atom stereocenters. The Kier molecular flexibility index (Phi) is 4.02. The fourth-order valence-corrected chi connectivity index (χ4v) is 3.64. The minimum Gasteiger partial charge on any atom is -0.267 e. The molecule has 4 heteroatoms. The molecule has 3 aromatic carbocycles. The lowest BCUT2D eigenvalue weighted by Crippen LogP contribution is -2.19. The summed E-state index contributed by atoms with van der Waals surface area (Å²) in [4.78, 5) is 12.2. The first kappa shape index (κ1) is 15.9. The van der Waals surface area contributed by atoms with Gasteiger partial charge in [0, 0.05) is 16.1 Å². The molecule has 0 heterocycles. The molecule has 0 unspecified atom stereocenters. The Bertz CT molecular complexity index is 1010. The maximum atomic E-state index is 12.2. The van der Waals surface area contributed by atoms with Crippen LogP contribution in [-0.4, -0.2) is 11.6 Å². The summed E-state index contributed by atoms with van der Waals surface area (Å²) in [5.41, 5.74) is 7.74. The Morgan fingerprint density at radius 2 is 1.80 bits per heavy atom. The van der Waals surface area contributed by atoms with E-state index in [1.807, 2.05) is 6.92 Å². The van der Waals surface area contributed by atoms with Crippen molar-refractivity contribution in [2.45, 2.75) is 19.8 Å². The lowest BCUT2D eigenvalue weighted by molar-refractivity contribution is 0.0955. The van der Waals surface area contributed by atoms with Gasteiger partial charge in [-0.25, -0.2) is 5.43 Å². The predicted octanol–water partition coefficient (Wildman–Crippen LogP) is 4.75. The maximum absolute atomic E-state index is 12.2. The SMILES string of the molecule is C/C(=N/NC(=O)c1cccc(Cl)c1)c1ccc2c3c(cccc13)CC2. The van der Waals surface area contributed by atoms with E-state index >= 15 is 0 Å². The molecule has 1 aliphatic carbocycles. The molecule has 0 aromatic heterocycles. The highest BCUT2D eigenvalue weighted by atomic mass is 35.5. The number of halogens is 1. The zero-order chi connectivity index (χ0) is 17.4. The first-order valence-corrected chi connectivity index (χ1v) is 8.65. The van der Waals surface area contributed by atoms with Crippen LogP contribution in [0, 0.1) is 0 Å². The molecular weight excluding hydrogens is 332 g/mol. The van der Waals surface area contributed by atoms with Gasteiger partial charge in [0.05, 0.1) is 5.71 Å². The summed E-state index contributed by atoms with van der Waals surface area (Å²) >= 11 is 5.93. The number of nitrogens with zero attached hydrogens (tertiary/aromatic N) is 1. The van der Waals surface area contributed by atoms with Gasteiger partial charge in [-0.2, -0.15) is 5.10 Å². The van der Waals surface area contributed by atoms with Gasteiger partial charge in [-0.3, -0.25) is 4.79 Å². The molecule has 124 valence electrons. The lowest BCUT2D eigenvalue weighted by atomic mass is 9.98. The number of hydrazone groups is 1. The van der Waals surface area contributed by atoms with Crippen LogP contribution in [0.25, 0.3) is 10.8 Å². The van der Waals surface area contributed by atoms with E-state index in [4.69, 9.17) is 11.6 Å². The highest BCUT2D eigenvalue weighted by Crippen LogP contribution is 2.32. The van der Waals surface area contributed by atoms with Crippen molar-refractivity contribution in [1.29, 1.82) is 0 Å². The number of carbonyl (C=O) groups excluding carboxylic acids is 1. The molecule has 0 saturated heterocycles. The van der Waals surface area contributed by atoms with Crippen molar-refractivity contribution in [3.8, 4) is 0 Å². The molecule has 25 heavy (non-hydrogen) atoms. The number of rotatable bonds is 3. The molecule has 1 amide bonds. The van der Waals surface area contributed by atoms with Crippen LogP contribution in [0.5, 0.6) is 0 Å². The third kappa shape index (κ3) is 2.92. The van der Waals surface area contributed by atoms with Crippen LogP contribution in [0.4, 0.5) is 0 Å². The average molecular weight is 349 g/mol. The van der Waals surface area contributed by atoms with Gasteiger partial charge in [-0.05, 0) is 59.9 Å². The van der Waals surface area contributed by atoms with E-state index in [0.29, 0.717) is 10.6 Å². The molecule has 0 saturated carbocycles. The van der Waals surface area contributed by atoms with E-state index in [9.17, 15) is 4.79 Å². The van der Waals surface area contributed by atoms with Gasteiger partial charge >= 0.3 is 0 Å². The van der Waals surface area contributed by atoms with Crippen molar-refractivity contribution in [1.82, 2.24) is 5.43 Å². The molecular formula is C21H17ClN2O. The summed E-state index contributed by atoms with van der Waals surface area (Å²) in [7, 11) is 0. The fraction of sp³-hybridized carbons (Fsp3) is 0.143. The Morgan fingerprint density at radius 1 is 1.04 bits per heavy atom. The van der Waals surface area contributed by atoms with Gasteiger partial charge in [0.25, 0.3) is 5.91 Å². The minimum absolute atomic E-state index is 0.271. The van der Waals surface area contributed by atoms with Crippen molar-refractivity contribution in [3.05, 3.63) is 81.9 Å². The lowest BCUT2D eigenvalue weighted by Gasteiger charge is -2.09. The van der Waals surface area contributed by atoms with Gasteiger partial charge in [-0.1, -0.05) is 48.0 Å².